The first-order valence-corrected chi connectivity index (χ1v) is 11.9. The highest BCUT2D eigenvalue weighted by Crippen LogP contribution is 2.31. The molecule has 9 heteroatoms. The summed E-state index contributed by atoms with van der Waals surface area (Å²) < 4.78 is 31.0. The third-order valence-electron chi connectivity index (χ3n) is 5.06. The predicted molar refractivity (Wildman–Crippen MR) is 132 cm³/mol. The molecule has 0 radical (unpaired) electrons. The van der Waals surface area contributed by atoms with Gasteiger partial charge < -0.3 is 15.4 Å². The Labute approximate surface area is 193 Å². The van der Waals surface area contributed by atoms with Gasteiger partial charge in [-0.3, -0.25) is 0 Å². The van der Waals surface area contributed by atoms with Crippen LogP contribution in [0.3, 0.4) is 0 Å². The van der Waals surface area contributed by atoms with E-state index in [-0.39, 0.29) is 5.75 Å². The number of fused-ring (bicyclic) bond motifs is 1. The number of aromatic nitrogens is 2. The van der Waals surface area contributed by atoms with E-state index in [1.807, 2.05) is 48.5 Å². The van der Waals surface area contributed by atoms with Crippen molar-refractivity contribution in [1.29, 1.82) is 0 Å². The summed E-state index contributed by atoms with van der Waals surface area (Å²) in [6.45, 7) is 0. The number of ether oxygens (including phenoxy) is 1. The maximum atomic E-state index is 12.1. The van der Waals surface area contributed by atoms with E-state index in [1.165, 1.54) is 18.4 Å². The van der Waals surface area contributed by atoms with Crippen molar-refractivity contribution in [2.75, 3.05) is 31.8 Å². The zero-order chi connectivity index (χ0) is 23.4. The van der Waals surface area contributed by atoms with Crippen LogP contribution in [0.4, 0.5) is 23.1 Å². The largest absolute Gasteiger partial charge is 0.494 e. The van der Waals surface area contributed by atoms with Gasteiger partial charge in [-0.15, -0.1) is 0 Å². The molecule has 0 saturated heterocycles. The van der Waals surface area contributed by atoms with E-state index in [2.05, 4.69) is 20.6 Å². The van der Waals surface area contributed by atoms with E-state index in [4.69, 9.17) is 4.74 Å². The van der Waals surface area contributed by atoms with Crippen molar-refractivity contribution in [3.8, 4) is 5.75 Å². The van der Waals surface area contributed by atoms with Crippen LogP contribution in [0.15, 0.2) is 72.8 Å². The molecule has 0 amide bonds. The van der Waals surface area contributed by atoms with Crippen molar-refractivity contribution in [2.24, 2.45) is 0 Å². The molecule has 0 saturated carbocycles. The number of rotatable bonds is 8. The van der Waals surface area contributed by atoms with Gasteiger partial charge in [-0.25, -0.2) is 17.7 Å². The van der Waals surface area contributed by atoms with Crippen LogP contribution >= 0.6 is 0 Å². The summed E-state index contributed by atoms with van der Waals surface area (Å²) in [5, 5.41) is 7.39. The number of methoxy groups -OCH3 is 1. The maximum absolute atomic E-state index is 12.1. The normalized spacial score (nSPS) is 11.5. The highest BCUT2D eigenvalue weighted by atomic mass is 32.2. The molecule has 1 aromatic heterocycles. The first-order valence-electron chi connectivity index (χ1n) is 10.3. The lowest BCUT2D eigenvalue weighted by Crippen LogP contribution is -2.23. The molecular weight excluding hydrogens is 438 g/mol. The van der Waals surface area contributed by atoms with Gasteiger partial charge in [0.05, 0.1) is 12.9 Å². The smallest absolute Gasteiger partial charge is 0.229 e. The molecule has 8 nitrogen and oxygen atoms in total. The molecule has 4 aromatic rings. The minimum absolute atomic E-state index is 0.0604. The standard InChI is InChI=1S/C24H25N5O3S/c1-29(2)33(30,31)16-17-12-14-19(15-13-17)26-24-27-22-20(10-7-11-21(22)32-3)23(28-24)25-18-8-5-4-6-9-18/h4-15H,16H2,1-3H3,(H2,25,26,27,28). The highest BCUT2D eigenvalue weighted by Gasteiger charge is 2.15. The molecule has 0 aliphatic heterocycles. The van der Waals surface area contributed by atoms with Crippen molar-refractivity contribution >= 4 is 44.1 Å². The molecule has 4 rings (SSSR count). The lowest BCUT2D eigenvalue weighted by atomic mass is 10.2. The predicted octanol–water partition coefficient (Wildman–Crippen LogP) is 4.52. The minimum Gasteiger partial charge on any atom is -0.494 e. The second-order valence-corrected chi connectivity index (χ2v) is 9.79. The fraction of sp³-hybridized carbons (Fsp3) is 0.167. The molecule has 0 bridgehead atoms. The van der Waals surface area contributed by atoms with Crippen molar-refractivity contribution in [1.82, 2.24) is 14.3 Å². The van der Waals surface area contributed by atoms with Gasteiger partial charge in [-0.2, -0.15) is 4.98 Å². The molecule has 1 heterocycles. The van der Waals surface area contributed by atoms with Gasteiger partial charge in [0.25, 0.3) is 0 Å². The van der Waals surface area contributed by atoms with Crippen LogP contribution in [0.5, 0.6) is 5.75 Å². The average molecular weight is 464 g/mol. The van der Waals surface area contributed by atoms with Crippen LogP contribution in [0.25, 0.3) is 10.9 Å². The molecule has 3 aromatic carbocycles. The number of nitrogens with zero attached hydrogens (tertiary/aromatic N) is 3. The zero-order valence-corrected chi connectivity index (χ0v) is 19.4. The Kier molecular flexibility index (Phi) is 6.43. The quantitative estimate of drug-likeness (QED) is 0.397. The lowest BCUT2D eigenvalue weighted by Gasteiger charge is -2.14. The Morgan fingerprint density at radius 3 is 2.21 bits per heavy atom. The van der Waals surface area contributed by atoms with Crippen LogP contribution < -0.4 is 15.4 Å². The van der Waals surface area contributed by atoms with Crippen LogP contribution in [0, 0.1) is 0 Å². The monoisotopic (exact) mass is 463 g/mol. The Balaban J connectivity index is 1.66. The van der Waals surface area contributed by atoms with Gasteiger partial charge >= 0.3 is 0 Å². The number of sulfonamides is 1. The summed E-state index contributed by atoms with van der Waals surface area (Å²) in [7, 11) is 1.33. The van der Waals surface area contributed by atoms with Gasteiger partial charge in [0.15, 0.2) is 0 Å². The van der Waals surface area contributed by atoms with Crippen LogP contribution in [0.1, 0.15) is 5.56 Å². The molecule has 2 N–H and O–H groups in total. The summed E-state index contributed by atoms with van der Waals surface area (Å²) in [5.74, 6) is 1.61. The van der Waals surface area contributed by atoms with Gasteiger partial charge in [0.1, 0.15) is 17.1 Å². The molecule has 33 heavy (non-hydrogen) atoms. The van der Waals surface area contributed by atoms with Crippen molar-refractivity contribution in [2.45, 2.75) is 5.75 Å². The van der Waals surface area contributed by atoms with Gasteiger partial charge in [0.2, 0.25) is 16.0 Å². The number of hydrogen-bond acceptors (Lipinski definition) is 7. The Bertz CT molecular complexity index is 1360. The number of para-hydroxylation sites is 2. The van der Waals surface area contributed by atoms with Gasteiger partial charge in [-0.1, -0.05) is 36.4 Å². The number of hydrogen-bond donors (Lipinski definition) is 2. The third-order valence-corrected chi connectivity index (χ3v) is 6.87. The Hall–Kier alpha value is -3.69. The molecule has 0 aliphatic carbocycles. The van der Waals surface area contributed by atoms with E-state index in [1.54, 1.807) is 31.4 Å². The van der Waals surface area contributed by atoms with E-state index >= 15 is 0 Å². The van der Waals surface area contributed by atoms with E-state index in [0.717, 1.165) is 16.8 Å². The van der Waals surface area contributed by atoms with E-state index in [9.17, 15) is 8.42 Å². The average Bonchev–Trinajstić information content (AvgIpc) is 2.80. The summed E-state index contributed by atoms with van der Waals surface area (Å²) in [6.07, 6.45) is 0. The SMILES string of the molecule is COc1cccc2c(Nc3ccccc3)nc(Nc3ccc(CS(=O)(=O)N(C)C)cc3)nc12. The molecule has 0 atom stereocenters. The maximum Gasteiger partial charge on any atom is 0.229 e. The van der Waals surface area contributed by atoms with Crippen LogP contribution in [0.2, 0.25) is 0 Å². The van der Waals surface area contributed by atoms with Crippen LogP contribution in [-0.4, -0.2) is 43.9 Å². The first-order chi connectivity index (χ1) is 15.9. The number of nitrogens with one attached hydrogen (secondary N) is 2. The Morgan fingerprint density at radius 1 is 0.848 bits per heavy atom. The molecular formula is C24H25N5O3S. The van der Waals surface area contributed by atoms with Crippen molar-refractivity contribution in [3.05, 3.63) is 78.4 Å². The molecule has 0 unspecified atom stereocenters. The van der Waals surface area contributed by atoms with E-state index < -0.39 is 10.0 Å². The second-order valence-electron chi connectivity index (χ2n) is 7.60. The first kappa shape index (κ1) is 22.5. The topological polar surface area (TPSA) is 96.4 Å². The van der Waals surface area contributed by atoms with Crippen molar-refractivity contribution < 1.29 is 13.2 Å². The summed E-state index contributed by atoms with van der Waals surface area (Å²) in [5.41, 5.74) is 3.00. The molecule has 0 spiro atoms. The summed E-state index contributed by atoms with van der Waals surface area (Å²) in [4.78, 5) is 9.34. The van der Waals surface area contributed by atoms with E-state index in [0.29, 0.717) is 28.6 Å². The Morgan fingerprint density at radius 2 is 1.55 bits per heavy atom. The van der Waals surface area contributed by atoms with Crippen molar-refractivity contribution in [3.63, 3.8) is 0 Å². The number of benzene rings is 3. The highest BCUT2D eigenvalue weighted by molar-refractivity contribution is 7.88. The second kappa shape index (κ2) is 9.43. The zero-order valence-electron chi connectivity index (χ0n) is 18.6. The lowest BCUT2D eigenvalue weighted by molar-refractivity contribution is 0.419. The fourth-order valence-electron chi connectivity index (χ4n) is 3.25. The third kappa shape index (κ3) is 5.21. The summed E-state index contributed by atoms with van der Waals surface area (Å²) >= 11 is 0. The summed E-state index contributed by atoms with van der Waals surface area (Å²) in [6, 6.07) is 22.6. The molecule has 0 aliphatic rings. The van der Waals surface area contributed by atoms with Gasteiger partial charge in [-0.05, 0) is 42.0 Å². The minimum atomic E-state index is -3.32. The number of anilines is 4. The fourth-order valence-corrected chi connectivity index (χ4v) is 4.12. The molecule has 170 valence electrons. The van der Waals surface area contributed by atoms with Gasteiger partial charge in [0, 0.05) is 30.9 Å². The molecule has 0 fully saturated rings. The van der Waals surface area contributed by atoms with Crippen LogP contribution in [-0.2, 0) is 15.8 Å².